The maximum atomic E-state index is 16.9. The predicted octanol–water partition coefficient (Wildman–Crippen LogP) is 6.31. The van der Waals surface area contributed by atoms with Gasteiger partial charge in [0.15, 0.2) is 5.82 Å². The topological polar surface area (TPSA) is 88.2 Å². The number of phenols is 1. The zero-order valence-corrected chi connectivity index (χ0v) is 25.9. The van der Waals surface area contributed by atoms with Crippen molar-refractivity contribution in [3.8, 4) is 28.9 Å². The summed E-state index contributed by atoms with van der Waals surface area (Å²) in [7, 11) is 1.95. The Morgan fingerprint density at radius 3 is 2.80 bits per heavy atom. The minimum atomic E-state index is -0.909. The fourth-order valence-electron chi connectivity index (χ4n) is 8.41. The summed E-state index contributed by atoms with van der Waals surface area (Å²) >= 11 is 6.59. The Hall–Kier alpha value is -3.49. The summed E-state index contributed by atoms with van der Waals surface area (Å²) in [5.41, 5.74) is 0.439. The van der Waals surface area contributed by atoms with E-state index in [-0.39, 0.29) is 52.8 Å². The van der Waals surface area contributed by atoms with Crippen LogP contribution in [0.1, 0.15) is 62.8 Å². The van der Waals surface area contributed by atoms with Crippen LogP contribution in [-0.2, 0) is 0 Å². The van der Waals surface area contributed by atoms with Crippen molar-refractivity contribution in [2.45, 2.75) is 74.5 Å². The number of anilines is 1. The van der Waals surface area contributed by atoms with Gasteiger partial charge in [-0.15, -0.1) is 0 Å². The molecular weight excluding hydrogens is 602 g/mol. The maximum Gasteiger partial charge on any atom is 0.319 e. The minimum absolute atomic E-state index is 0.00290. The van der Waals surface area contributed by atoms with Crippen molar-refractivity contribution >= 4 is 28.3 Å². The van der Waals surface area contributed by atoms with Gasteiger partial charge in [-0.3, -0.25) is 4.90 Å². The van der Waals surface area contributed by atoms with E-state index in [1.54, 1.807) is 0 Å². The molecule has 5 heterocycles. The van der Waals surface area contributed by atoms with E-state index < -0.39 is 17.5 Å². The number of hydrogen-bond acceptors (Lipinski definition) is 8. The average molecular weight is 637 g/mol. The molecule has 5 aliphatic rings. The Bertz CT molecular complexity index is 1740. The van der Waals surface area contributed by atoms with E-state index in [4.69, 9.17) is 37.6 Å². The molecule has 8 rings (SSSR count). The smallest absolute Gasteiger partial charge is 0.319 e. The van der Waals surface area contributed by atoms with E-state index in [9.17, 15) is 9.50 Å². The minimum Gasteiger partial charge on any atom is -0.508 e. The number of ether oxygens (including phenoxy) is 2. The van der Waals surface area contributed by atoms with Crippen molar-refractivity contribution in [3.05, 3.63) is 40.0 Å². The molecule has 45 heavy (non-hydrogen) atoms. The quantitative estimate of drug-likeness (QED) is 0.315. The van der Waals surface area contributed by atoms with Crippen LogP contribution in [0, 0.1) is 18.3 Å². The van der Waals surface area contributed by atoms with Gasteiger partial charge in [-0.25, -0.2) is 20.3 Å². The number of aromatic hydroxyl groups is 1. The van der Waals surface area contributed by atoms with Gasteiger partial charge in [-0.05, 0) is 68.7 Å². The second-order valence-corrected chi connectivity index (χ2v) is 14.1. The first-order valence-corrected chi connectivity index (χ1v) is 16.2. The molecule has 0 bridgehead atoms. The molecular formula is C33H35ClF2N6O3. The van der Waals surface area contributed by atoms with Crippen LogP contribution >= 0.6 is 11.6 Å². The molecule has 236 valence electrons. The second-order valence-electron chi connectivity index (χ2n) is 13.7. The highest BCUT2D eigenvalue weighted by Crippen LogP contribution is 2.52. The van der Waals surface area contributed by atoms with Gasteiger partial charge in [0.05, 0.1) is 12.1 Å². The molecule has 2 aromatic heterocycles. The number of fused-ring (bicyclic) bond motifs is 1. The number of nitrogens with zero attached hydrogens (tertiary/aromatic N) is 6. The molecule has 2 aliphatic carbocycles. The van der Waals surface area contributed by atoms with E-state index in [1.165, 1.54) is 12.1 Å². The first-order valence-electron chi connectivity index (χ1n) is 15.9. The standard InChI is InChI=1S/C33H35ClF2N6O3/c1-37-15-18-12-32(13-18)7-9-44-30-25-28(26(36)27(38-30)22-10-21(43)11-23(34)24(22)19-4-5-19)39-31(40-29(25)41(32)2)45-17-33-6-3-8-42(33)16-20(35)14-33/h10-11,18-20,43H,3-9,12-17H2,2H3/t18?,20-,32?,33+/m1/s1. The molecule has 1 spiro atoms. The van der Waals surface area contributed by atoms with Crippen LogP contribution in [0.5, 0.6) is 17.6 Å². The zero-order valence-electron chi connectivity index (χ0n) is 25.2. The summed E-state index contributed by atoms with van der Waals surface area (Å²) in [5.74, 6) is 0.326. The number of pyridine rings is 1. The van der Waals surface area contributed by atoms with Crippen molar-refractivity contribution in [1.82, 2.24) is 19.9 Å². The van der Waals surface area contributed by atoms with Crippen molar-refractivity contribution < 1.29 is 23.4 Å². The SMILES string of the molecule is [C-]#[N+]CC1CC2(CCOc3nc(-c4cc(O)cc(Cl)c4C4CC4)c(F)c4nc(OC[C@@]56CCCN5C[C@H](F)C6)nc(c34)N2C)C1. The Kier molecular flexibility index (Phi) is 6.77. The van der Waals surface area contributed by atoms with Gasteiger partial charge in [0.2, 0.25) is 12.4 Å². The molecule has 3 aromatic rings. The van der Waals surface area contributed by atoms with Crippen molar-refractivity contribution in [2.24, 2.45) is 5.92 Å². The highest BCUT2D eigenvalue weighted by atomic mass is 35.5. The van der Waals surface area contributed by atoms with Crippen LogP contribution in [0.25, 0.3) is 27.0 Å². The number of hydrogen-bond donors (Lipinski definition) is 1. The van der Waals surface area contributed by atoms with Gasteiger partial charge in [0.25, 0.3) is 0 Å². The molecule has 0 amide bonds. The van der Waals surface area contributed by atoms with Crippen molar-refractivity contribution in [3.63, 3.8) is 0 Å². The van der Waals surface area contributed by atoms with Gasteiger partial charge in [-0.2, -0.15) is 9.97 Å². The van der Waals surface area contributed by atoms with Crippen molar-refractivity contribution in [2.75, 3.05) is 44.8 Å². The number of benzene rings is 1. The third-order valence-electron chi connectivity index (χ3n) is 10.8. The van der Waals surface area contributed by atoms with E-state index >= 15 is 4.39 Å². The number of alkyl halides is 1. The number of phenolic OH excluding ortho intramolecular Hbond substituents is 1. The maximum absolute atomic E-state index is 16.9. The summed E-state index contributed by atoms with van der Waals surface area (Å²) in [6.45, 7) is 9.57. The van der Waals surface area contributed by atoms with E-state index in [1.807, 2.05) is 7.05 Å². The molecule has 2 saturated heterocycles. The second kappa shape index (κ2) is 10.5. The van der Waals surface area contributed by atoms with Gasteiger partial charge in [0, 0.05) is 48.5 Å². The average Bonchev–Trinajstić information content (AvgIpc) is 3.67. The first-order chi connectivity index (χ1) is 21.7. The molecule has 1 aromatic carbocycles. The normalized spacial score (nSPS) is 29.2. The molecule has 12 heteroatoms. The molecule has 0 unspecified atom stereocenters. The number of aromatic nitrogens is 3. The zero-order chi connectivity index (χ0) is 31.1. The van der Waals surface area contributed by atoms with E-state index in [0.717, 1.165) is 50.6 Å². The lowest BCUT2D eigenvalue weighted by atomic mass is 9.65. The van der Waals surface area contributed by atoms with Gasteiger partial charge < -0.3 is 24.3 Å². The lowest BCUT2D eigenvalue weighted by Crippen LogP contribution is -2.58. The fraction of sp³-hybridized carbons (Fsp3) is 0.576. The summed E-state index contributed by atoms with van der Waals surface area (Å²) in [5, 5.41) is 11.2. The molecule has 4 fully saturated rings. The fourth-order valence-corrected chi connectivity index (χ4v) is 8.78. The van der Waals surface area contributed by atoms with Gasteiger partial charge >= 0.3 is 6.01 Å². The van der Waals surface area contributed by atoms with Crippen LogP contribution < -0.4 is 14.4 Å². The van der Waals surface area contributed by atoms with E-state index in [0.29, 0.717) is 54.3 Å². The molecule has 1 N–H and O–H groups in total. The molecule has 2 atom stereocenters. The molecule has 9 nitrogen and oxygen atoms in total. The molecule has 3 aliphatic heterocycles. The third kappa shape index (κ3) is 4.66. The third-order valence-corrected chi connectivity index (χ3v) is 11.1. The summed E-state index contributed by atoms with van der Waals surface area (Å²) in [4.78, 5) is 22.0. The largest absolute Gasteiger partial charge is 0.508 e. The predicted molar refractivity (Wildman–Crippen MR) is 165 cm³/mol. The van der Waals surface area contributed by atoms with Gasteiger partial charge in [-0.1, -0.05) is 11.6 Å². The van der Waals surface area contributed by atoms with E-state index in [2.05, 4.69) is 19.6 Å². The summed E-state index contributed by atoms with van der Waals surface area (Å²) < 4.78 is 44.0. The molecule has 2 saturated carbocycles. The van der Waals surface area contributed by atoms with Crippen LogP contribution in [-0.4, -0.2) is 82.1 Å². The van der Waals surface area contributed by atoms with Crippen LogP contribution in [0.2, 0.25) is 5.02 Å². The lowest BCUT2D eigenvalue weighted by Gasteiger charge is -2.53. The summed E-state index contributed by atoms with van der Waals surface area (Å²) in [6.07, 6.45) is 5.37. The summed E-state index contributed by atoms with van der Waals surface area (Å²) in [6, 6.07) is 2.99. The monoisotopic (exact) mass is 636 g/mol. The van der Waals surface area contributed by atoms with Crippen LogP contribution in [0.15, 0.2) is 12.1 Å². The molecule has 0 radical (unpaired) electrons. The first kappa shape index (κ1) is 28.9. The number of rotatable bonds is 6. The van der Waals surface area contributed by atoms with Crippen LogP contribution in [0.4, 0.5) is 14.6 Å². The number of halogens is 3. The highest BCUT2D eigenvalue weighted by molar-refractivity contribution is 6.32. The Morgan fingerprint density at radius 2 is 2.02 bits per heavy atom. The highest BCUT2D eigenvalue weighted by Gasteiger charge is 2.51. The van der Waals surface area contributed by atoms with Crippen molar-refractivity contribution in [1.29, 1.82) is 0 Å². The Balaban J connectivity index is 1.28. The lowest BCUT2D eigenvalue weighted by molar-refractivity contribution is 0.106. The Morgan fingerprint density at radius 1 is 1.20 bits per heavy atom. The Labute approximate surface area is 265 Å². The van der Waals surface area contributed by atoms with Gasteiger partial charge in [0.1, 0.15) is 40.9 Å². The van der Waals surface area contributed by atoms with Crippen LogP contribution in [0.3, 0.4) is 0 Å².